The number of rotatable bonds is 3. The molecule has 5 heteroatoms. The molecule has 0 aliphatic carbocycles. The molecular weight excluding hydrogens is 274 g/mol. The molecule has 0 atom stereocenters. The van der Waals surface area contributed by atoms with Crippen LogP contribution in [0.5, 0.6) is 5.75 Å². The molecule has 2 aromatic carbocycles. The van der Waals surface area contributed by atoms with Crippen LogP contribution in [0.2, 0.25) is 5.02 Å². The zero-order valence-electron chi connectivity index (χ0n) is 10.4. The molecule has 0 aromatic heterocycles. The summed E-state index contributed by atoms with van der Waals surface area (Å²) in [5.41, 5.74) is 2.33. The minimum absolute atomic E-state index is 0.0422. The van der Waals surface area contributed by atoms with Crippen molar-refractivity contribution in [2.24, 2.45) is 0 Å². The minimum Gasteiger partial charge on any atom is -0.506 e. The molecule has 0 bridgehead atoms. The van der Waals surface area contributed by atoms with Crippen LogP contribution in [0.1, 0.15) is 16.7 Å². The molecular formula is C15H10ClN3O. The molecule has 0 aliphatic heterocycles. The van der Waals surface area contributed by atoms with Crippen LogP contribution >= 0.6 is 11.6 Å². The Hall–Kier alpha value is -2.69. The molecule has 0 unspecified atom stereocenters. The summed E-state index contributed by atoms with van der Waals surface area (Å²) in [6.07, 6.45) is 0. The minimum atomic E-state index is 0.0422. The van der Waals surface area contributed by atoms with E-state index in [2.05, 4.69) is 5.32 Å². The predicted molar refractivity (Wildman–Crippen MR) is 76.3 cm³/mol. The first kappa shape index (κ1) is 13.7. The van der Waals surface area contributed by atoms with Gasteiger partial charge in [-0.2, -0.15) is 10.5 Å². The number of nitrogens with zero attached hydrogens (tertiary/aromatic N) is 2. The average Bonchev–Trinajstić information content (AvgIpc) is 2.48. The lowest BCUT2D eigenvalue weighted by atomic mass is 10.1. The van der Waals surface area contributed by atoms with E-state index in [9.17, 15) is 5.11 Å². The van der Waals surface area contributed by atoms with Crippen LogP contribution in [0.3, 0.4) is 0 Å². The van der Waals surface area contributed by atoms with Gasteiger partial charge in [0.1, 0.15) is 17.9 Å². The van der Waals surface area contributed by atoms with Crippen LogP contribution in [0.25, 0.3) is 0 Å². The molecule has 2 aromatic rings. The van der Waals surface area contributed by atoms with Crippen molar-refractivity contribution >= 4 is 17.3 Å². The molecule has 0 saturated heterocycles. The van der Waals surface area contributed by atoms with Crippen molar-refractivity contribution in [1.82, 2.24) is 0 Å². The van der Waals surface area contributed by atoms with E-state index in [4.69, 9.17) is 22.1 Å². The summed E-state index contributed by atoms with van der Waals surface area (Å²) in [5, 5.41) is 30.6. The van der Waals surface area contributed by atoms with E-state index in [1.54, 1.807) is 30.3 Å². The molecule has 0 fully saturated rings. The normalized spacial score (nSPS) is 9.55. The van der Waals surface area contributed by atoms with E-state index >= 15 is 0 Å². The predicted octanol–water partition coefficient (Wildman–Crippen LogP) is 3.40. The Bertz CT molecular complexity index is 729. The summed E-state index contributed by atoms with van der Waals surface area (Å²) in [4.78, 5) is 0. The molecule has 0 amide bonds. The fraction of sp³-hybridized carbons (Fsp3) is 0.0667. The fourth-order valence-corrected chi connectivity index (χ4v) is 1.91. The third-order valence-electron chi connectivity index (χ3n) is 2.77. The van der Waals surface area contributed by atoms with Gasteiger partial charge in [-0.3, -0.25) is 0 Å². The number of phenols is 1. The number of hydrogen-bond donors (Lipinski definition) is 2. The van der Waals surface area contributed by atoms with E-state index in [0.29, 0.717) is 22.7 Å². The second-order valence-electron chi connectivity index (χ2n) is 4.12. The highest BCUT2D eigenvalue weighted by Crippen LogP contribution is 2.24. The first-order valence-corrected chi connectivity index (χ1v) is 6.17. The highest BCUT2D eigenvalue weighted by atomic mass is 35.5. The number of hydrogen-bond acceptors (Lipinski definition) is 4. The Morgan fingerprint density at radius 3 is 2.45 bits per heavy atom. The van der Waals surface area contributed by atoms with Crippen molar-refractivity contribution in [1.29, 1.82) is 10.5 Å². The van der Waals surface area contributed by atoms with Gasteiger partial charge in [0.2, 0.25) is 0 Å². The molecule has 0 spiro atoms. The highest BCUT2D eigenvalue weighted by Gasteiger charge is 2.04. The molecule has 0 radical (unpaired) electrons. The number of halogens is 1. The van der Waals surface area contributed by atoms with Gasteiger partial charge in [0.15, 0.2) is 0 Å². The number of phenolic OH excluding ortho intramolecular Hbond substituents is 1. The second kappa shape index (κ2) is 5.97. The summed E-state index contributed by atoms with van der Waals surface area (Å²) >= 11 is 5.83. The number of aromatic hydroxyl groups is 1. The largest absolute Gasteiger partial charge is 0.506 e. The Balaban J connectivity index is 2.13. The fourth-order valence-electron chi connectivity index (χ4n) is 1.71. The van der Waals surface area contributed by atoms with E-state index in [-0.39, 0.29) is 5.75 Å². The summed E-state index contributed by atoms with van der Waals surface area (Å²) in [6, 6.07) is 13.9. The summed E-state index contributed by atoms with van der Waals surface area (Å²) in [7, 11) is 0. The SMILES string of the molecule is N#Cc1ccc(NCc2ccc(O)c(Cl)c2)cc1C#N. The first-order chi connectivity index (χ1) is 9.63. The van der Waals surface area contributed by atoms with Crippen LogP contribution in [0.4, 0.5) is 5.69 Å². The van der Waals surface area contributed by atoms with Gasteiger partial charge in [-0.25, -0.2) is 0 Å². The Labute approximate surface area is 121 Å². The summed E-state index contributed by atoms with van der Waals surface area (Å²) < 4.78 is 0. The van der Waals surface area contributed by atoms with Crippen LogP contribution in [0.15, 0.2) is 36.4 Å². The third kappa shape index (κ3) is 3.00. The lowest BCUT2D eigenvalue weighted by molar-refractivity contribution is 0.475. The monoisotopic (exact) mass is 283 g/mol. The van der Waals surface area contributed by atoms with E-state index < -0.39 is 0 Å². The quantitative estimate of drug-likeness (QED) is 0.905. The maximum Gasteiger partial charge on any atom is 0.134 e. The van der Waals surface area contributed by atoms with Crippen molar-refractivity contribution in [3.63, 3.8) is 0 Å². The molecule has 2 rings (SSSR count). The van der Waals surface area contributed by atoms with E-state index in [0.717, 1.165) is 11.3 Å². The van der Waals surface area contributed by atoms with Crippen molar-refractivity contribution < 1.29 is 5.11 Å². The van der Waals surface area contributed by atoms with Crippen LogP contribution in [-0.2, 0) is 6.54 Å². The molecule has 0 heterocycles. The zero-order chi connectivity index (χ0) is 14.5. The van der Waals surface area contributed by atoms with Gasteiger partial charge in [0.05, 0.1) is 16.1 Å². The number of nitriles is 2. The standard InChI is InChI=1S/C15H10ClN3O/c16-14-5-10(1-4-15(14)20)9-19-13-3-2-11(7-17)12(6-13)8-18/h1-6,19-20H,9H2. The molecule has 0 saturated carbocycles. The topological polar surface area (TPSA) is 79.8 Å². The molecule has 20 heavy (non-hydrogen) atoms. The van der Waals surface area contributed by atoms with Gasteiger partial charge in [0, 0.05) is 12.2 Å². The van der Waals surface area contributed by atoms with E-state index in [1.807, 2.05) is 12.1 Å². The van der Waals surface area contributed by atoms with Gasteiger partial charge in [-0.15, -0.1) is 0 Å². The Morgan fingerprint density at radius 1 is 1.05 bits per heavy atom. The van der Waals surface area contributed by atoms with E-state index in [1.165, 1.54) is 6.07 Å². The first-order valence-electron chi connectivity index (χ1n) is 5.79. The van der Waals surface area contributed by atoms with Crippen molar-refractivity contribution in [3.05, 3.63) is 58.1 Å². The lowest BCUT2D eigenvalue weighted by Gasteiger charge is -2.08. The van der Waals surface area contributed by atoms with Gasteiger partial charge in [-0.1, -0.05) is 17.7 Å². The van der Waals surface area contributed by atoms with Gasteiger partial charge in [-0.05, 0) is 35.9 Å². The second-order valence-corrected chi connectivity index (χ2v) is 4.53. The van der Waals surface area contributed by atoms with Crippen LogP contribution < -0.4 is 5.32 Å². The number of anilines is 1. The Morgan fingerprint density at radius 2 is 1.80 bits per heavy atom. The molecule has 98 valence electrons. The van der Waals surface area contributed by atoms with Crippen molar-refractivity contribution in [2.75, 3.05) is 5.32 Å². The summed E-state index contributed by atoms with van der Waals surface area (Å²) in [6.45, 7) is 0.497. The van der Waals surface area contributed by atoms with Gasteiger partial charge < -0.3 is 10.4 Å². The smallest absolute Gasteiger partial charge is 0.134 e. The van der Waals surface area contributed by atoms with Gasteiger partial charge in [0.25, 0.3) is 0 Å². The van der Waals surface area contributed by atoms with Gasteiger partial charge >= 0.3 is 0 Å². The number of nitrogens with one attached hydrogen (secondary N) is 1. The molecule has 4 nitrogen and oxygen atoms in total. The zero-order valence-corrected chi connectivity index (χ0v) is 11.1. The van der Waals surface area contributed by atoms with Crippen molar-refractivity contribution in [3.8, 4) is 17.9 Å². The average molecular weight is 284 g/mol. The van der Waals surface area contributed by atoms with Crippen LogP contribution in [0, 0.1) is 22.7 Å². The third-order valence-corrected chi connectivity index (χ3v) is 3.07. The maximum atomic E-state index is 9.34. The summed E-state index contributed by atoms with van der Waals surface area (Å²) in [5.74, 6) is 0.0422. The van der Waals surface area contributed by atoms with Crippen molar-refractivity contribution in [2.45, 2.75) is 6.54 Å². The Kier molecular flexibility index (Phi) is 4.10. The molecule has 2 N–H and O–H groups in total. The highest BCUT2D eigenvalue weighted by molar-refractivity contribution is 6.32. The number of benzene rings is 2. The molecule has 0 aliphatic rings. The maximum absolute atomic E-state index is 9.34. The van der Waals surface area contributed by atoms with Crippen LogP contribution in [-0.4, -0.2) is 5.11 Å². The lowest BCUT2D eigenvalue weighted by Crippen LogP contribution is -2.00.